The largest absolute Gasteiger partial charge is 0.381 e. The predicted octanol–water partition coefficient (Wildman–Crippen LogP) is 2.37. The molecule has 3 heteroatoms. The van der Waals surface area contributed by atoms with Crippen LogP contribution in [0, 0.1) is 17.3 Å². The van der Waals surface area contributed by atoms with Crippen LogP contribution in [0.5, 0.6) is 0 Å². The molecule has 3 nitrogen and oxygen atoms in total. The number of piperidine rings is 1. The first-order chi connectivity index (χ1) is 9.00. The van der Waals surface area contributed by atoms with E-state index in [1.54, 1.807) is 0 Å². The van der Waals surface area contributed by atoms with Gasteiger partial charge in [0.25, 0.3) is 0 Å². The van der Waals surface area contributed by atoms with Crippen LogP contribution in [0.15, 0.2) is 0 Å². The van der Waals surface area contributed by atoms with Crippen LogP contribution in [0.2, 0.25) is 0 Å². The van der Waals surface area contributed by atoms with E-state index in [1.807, 2.05) is 0 Å². The molecule has 2 unspecified atom stereocenters. The van der Waals surface area contributed by atoms with Gasteiger partial charge in [-0.3, -0.25) is 0 Å². The fourth-order valence-corrected chi connectivity index (χ4v) is 3.61. The first-order valence-corrected chi connectivity index (χ1v) is 7.98. The molecule has 0 aliphatic carbocycles. The quantitative estimate of drug-likeness (QED) is 0.847. The van der Waals surface area contributed by atoms with Gasteiger partial charge in [-0.25, -0.2) is 0 Å². The SMILES string of the molecule is CNC(CN1CCC(C(C)(C)C)CC1)C1CCOC1. The second-order valence-electron chi connectivity index (χ2n) is 7.46. The maximum Gasteiger partial charge on any atom is 0.0510 e. The first-order valence-electron chi connectivity index (χ1n) is 7.98. The Hall–Kier alpha value is -0.120. The molecule has 2 atom stereocenters. The Bertz CT molecular complexity index is 260. The second-order valence-corrected chi connectivity index (χ2v) is 7.46. The van der Waals surface area contributed by atoms with E-state index in [0.717, 1.165) is 19.1 Å². The van der Waals surface area contributed by atoms with Crippen LogP contribution in [0.4, 0.5) is 0 Å². The van der Waals surface area contributed by atoms with Gasteiger partial charge in [0.15, 0.2) is 0 Å². The molecule has 0 amide bonds. The number of nitrogens with zero attached hydrogens (tertiary/aromatic N) is 1. The molecule has 0 aromatic rings. The summed E-state index contributed by atoms with van der Waals surface area (Å²) in [5.74, 6) is 1.61. The molecule has 112 valence electrons. The van der Waals surface area contributed by atoms with E-state index in [9.17, 15) is 0 Å². The third kappa shape index (κ3) is 4.17. The van der Waals surface area contributed by atoms with Crippen molar-refractivity contribution in [1.29, 1.82) is 0 Å². The second kappa shape index (κ2) is 6.55. The first kappa shape index (κ1) is 15.3. The summed E-state index contributed by atoms with van der Waals surface area (Å²) in [6.45, 7) is 12.8. The third-order valence-corrected chi connectivity index (χ3v) is 5.17. The molecule has 0 spiro atoms. The number of likely N-dealkylation sites (N-methyl/N-ethyl adjacent to an activating group) is 1. The van der Waals surface area contributed by atoms with E-state index >= 15 is 0 Å². The summed E-state index contributed by atoms with van der Waals surface area (Å²) in [5.41, 5.74) is 0.480. The standard InChI is InChI=1S/C16H32N2O/c1-16(2,3)14-5-8-18(9-6-14)11-15(17-4)13-7-10-19-12-13/h13-15,17H,5-12H2,1-4H3. The van der Waals surface area contributed by atoms with Gasteiger partial charge in [0.1, 0.15) is 0 Å². The zero-order chi connectivity index (χ0) is 13.9. The zero-order valence-electron chi connectivity index (χ0n) is 13.2. The molecule has 0 bridgehead atoms. The highest BCUT2D eigenvalue weighted by Gasteiger charge is 2.31. The van der Waals surface area contributed by atoms with Crippen LogP contribution < -0.4 is 5.32 Å². The van der Waals surface area contributed by atoms with E-state index < -0.39 is 0 Å². The molecule has 0 aromatic heterocycles. The molecule has 0 saturated carbocycles. The molecule has 2 aliphatic heterocycles. The van der Waals surface area contributed by atoms with Crippen molar-refractivity contribution in [3.05, 3.63) is 0 Å². The summed E-state index contributed by atoms with van der Waals surface area (Å²) in [6, 6.07) is 0.605. The van der Waals surface area contributed by atoms with Gasteiger partial charge in [0.05, 0.1) is 6.61 Å². The Morgan fingerprint density at radius 1 is 1.21 bits per heavy atom. The number of ether oxygens (including phenoxy) is 1. The van der Waals surface area contributed by atoms with Crippen molar-refractivity contribution in [1.82, 2.24) is 10.2 Å². The topological polar surface area (TPSA) is 24.5 Å². The van der Waals surface area contributed by atoms with Crippen molar-refractivity contribution in [2.75, 3.05) is 39.9 Å². The molecule has 19 heavy (non-hydrogen) atoms. The highest BCUT2D eigenvalue weighted by Crippen LogP contribution is 2.34. The molecule has 0 radical (unpaired) electrons. The van der Waals surface area contributed by atoms with Crippen molar-refractivity contribution in [2.24, 2.45) is 17.3 Å². The van der Waals surface area contributed by atoms with Crippen molar-refractivity contribution >= 4 is 0 Å². The zero-order valence-corrected chi connectivity index (χ0v) is 13.2. The molecular formula is C16H32N2O. The van der Waals surface area contributed by atoms with Crippen LogP contribution in [0.3, 0.4) is 0 Å². The maximum atomic E-state index is 5.53. The van der Waals surface area contributed by atoms with Crippen molar-refractivity contribution in [3.63, 3.8) is 0 Å². The Morgan fingerprint density at radius 2 is 1.89 bits per heavy atom. The van der Waals surface area contributed by atoms with E-state index in [1.165, 1.54) is 38.9 Å². The molecule has 2 rings (SSSR count). The van der Waals surface area contributed by atoms with Gasteiger partial charge in [-0.1, -0.05) is 20.8 Å². The van der Waals surface area contributed by atoms with Crippen molar-refractivity contribution in [2.45, 2.75) is 46.1 Å². The molecule has 1 N–H and O–H groups in total. The van der Waals surface area contributed by atoms with Crippen LogP contribution in [-0.2, 0) is 4.74 Å². The van der Waals surface area contributed by atoms with Gasteiger partial charge in [-0.05, 0) is 50.7 Å². The van der Waals surface area contributed by atoms with Gasteiger partial charge < -0.3 is 15.0 Å². The molecule has 2 saturated heterocycles. The Morgan fingerprint density at radius 3 is 2.37 bits per heavy atom. The Kier molecular flexibility index (Phi) is 5.27. The number of nitrogens with one attached hydrogen (secondary N) is 1. The Labute approximate surface area is 119 Å². The van der Waals surface area contributed by atoms with Crippen molar-refractivity contribution < 1.29 is 4.74 Å². The summed E-state index contributed by atoms with van der Waals surface area (Å²) in [6.07, 6.45) is 3.95. The van der Waals surface area contributed by atoms with Gasteiger partial charge in [-0.15, -0.1) is 0 Å². The monoisotopic (exact) mass is 268 g/mol. The van der Waals surface area contributed by atoms with Gasteiger partial charge in [0, 0.05) is 25.1 Å². The van der Waals surface area contributed by atoms with E-state index in [2.05, 4.69) is 38.0 Å². The highest BCUT2D eigenvalue weighted by molar-refractivity contribution is 4.85. The van der Waals surface area contributed by atoms with Crippen molar-refractivity contribution in [3.8, 4) is 0 Å². The number of likely N-dealkylation sites (tertiary alicyclic amines) is 1. The molecule has 2 fully saturated rings. The summed E-state index contributed by atoms with van der Waals surface area (Å²) in [4.78, 5) is 2.65. The lowest BCUT2D eigenvalue weighted by molar-refractivity contribution is 0.0965. The summed E-state index contributed by atoms with van der Waals surface area (Å²) in [7, 11) is 2.10. The summed E-state index contributed by atoms with van der Waals surface area (Å²) in [5, 5.41) is 3.51. The number of hydrogen-bond donors (Lipinski definition) is 1. The molecule has 2 heterocycles. The predicted molar refractivity (Wildman–Crippen MR) is 80.4 cm³/mol. The van der Waals surface area contributed by atoms with Crippen LogP contribution >= 0.6 is 0 Å². The Balaban J connectivity index is 1.77. The van der Waals surface area contributed by atoms with Gasteiger partial charge in [-0.2, -0.15) is 0 Å². The minimum Gasteiger partial charge on any atom is -0.381 e. The maximum absolute atomic E-state index is 5.53. The average Bonchev–Trinajstić information content (AvgIpc) is 2.89. The van der Waals surface area contributed by atoms with E-state index in [4.69, 9.17) is 4.74 Å². The fraction of sp³-hybridized carbons (Fsp3) is 1.00. The lowest BCUT2D eigenvalue weighted by atomic mass is 9.75. The van der Waals surface area contributed by atoms with Crippen LogP contribution in [0.1, 0.15) is 40.0 Å². The van der Waals surface area contributed by atoms with Crippen LogP contribution in [0.25, 0.3) is 0 Å². The summed E-state index contributed by atoms with van der Waals surface area (Å²) >= 11 is 0. The van der Waals surface area contributed by atoms with Gasteiger partial charge >= 0.3 is 0 Å². The minimum absolute atomic E-state index is 0.480. The van der Waals surface area contributed by atoms with Gasteiger partial charge in [0.2, 0.25) is 0 Å². The smallest absolute Gasteiger partial charge is 0.0510 e. The number of rotatable bonds is 4. The van der Waals surface area contributed by atoms with E-state index in [-0.39, 0.29) is 0 Å². The number of hydrogen-bond acceptors (Lipinski definition) is 3. The molecular weight excluding hydrogens is 236 g/mol. The normalized spacial score (nSPS) is 28.7. The van der Waals surface area contributed by atoms with E-state index in [0.29, 0.717) is 17.4 Å². The van der Waals surface area contributed by atoms with Crippen LogP contribution in [-0.4, -0.2) is 50.8 Å². The molecule has 0 aromatic carbocycles. The fourth-order valence-electron chi connectivity index (χ4n) is 3.61. The lowest BCUT2D eigenvalue weighted by Crippen LogP contribution is -2.47. The minimum atomic E-state index is 0.480. The lowest BCUT2D eigenvalue weighted by Gasteiger charge is -2.40. The average molecular weight is 268 g/mol. The molecule has 2 aliphatic rings. The highest BCUT2D eigenvalue weighted by atomic mass is 16.5. The third-order valence-electron chi connectivity index (χ3n) is 5.17. The summed E-state index contributed by atoms with van der Waals surface area (Å²) < 4.78 is 5.53.